The van der Waals surface area contributed by atoms with Crippen LogP contribution in [0.1, 0.15) is 10.6 Å². The maximum atomic E-state index is 13.3. The number of carbonyl (C=O) groups is 1. The first-order valence-corrected chi connectivity index (χ1v) is 8.46. The molecular formula is C22H14FNO4. The average Bonchev–Trinajstić information content (AvgIpc) is 2.70. The van der Waals surface area contributed by atoms with Crippen LogP contribution >= 0.6 is 0 Å². The molecule has 0 radical (unpaired) electrons. The molecule has 0 saturated heterocycles. The van der Waals surface area contributed by atoms with Gasteiger partial charge in [-0.3, -0.25) is 9.59 Å². The van der Waals surface area contributed by atoms with Gasteiger partial charge in [-0.25, -0.2) is 4.39 Å². The number of ether oxygens (including phenoxy) is 1. The maximum absolute atomic E-state index is 13.3. The number of anilines is 1. The second-order valence-corrected chi connectivity index (χ2v) is 6.01. The predicted octanol–water partition coefficient (Wildman–Crippen LogP) is 4.98. The quantitative estimate of drug-likeness (QED) is 0.546. The van der Waals surface area contributed by atoms with Crippen molar-refractivity contribution in [3.05, 3.63) is 101 Å². The van der Waals surface area contributed by atoms with E-state index in [1.54, 1.807) is 24.3 Å². The highest BCUT2D eigenvalue weighted by Crippen LogP contribution is 2.23. The maximum Gasteiger partial charge on any atom is 0.291 e. The molecule has 4 rings (SSSR count). The summed E-state index contributed by atoms with van der Waals surface area (Å²) in [6, 6.07) is 20.7. The first-order chi connectivity index (χ1) is 13.6. The molecule has 1 N–H and O–H groups in total. The van der Waals surface area contributed by atoms with Crippen LogP contribution in [0.4, 0.5) is 10.1 Å². The highest BCUT2D eigenvalue weighted by molar-refractivity contribution is 6.03. The molecule has 138 valence electrons. The largest absolute Gasteiger partial charge is 0.457 e. The van der Waals surface area contributed by atoms with Crippen molar-refractivity contribution >= 4 is 22.6 Å². The number of carbonyl (C=O) groups excluding carboxylic acids is 1. The lowest BCUT2D eigenvalue weighted by molar-refractivity contribution is 0.0997. The van der Waals surface area contributed by atoms with Crippen LogP contribution in [0.2, 0.25) is 0 Å². The number of nitrogens with one attached hydrogen (secondary N) is 1. The van der Waals surface area contributed by atoms with Crippen LogP contribution in [0.3, 0.4) is 0 Å². The summed E-state index contributed by atoms with van der Waals surface area (Å²) < 4.78 is 24.4. The van der Waals surface area contributed by atoms with Crippen molar-refractivity contribution in [2.75, 3.05) is 5.32 Å². The van der Waals surface area contributed by atoms with Gasteiger partial charge in [0.1, 0.15) is 22.9 Å². The summed E-state index contributed by atoms with van der Waals surface area (Å²) in [4.78, 5) is 24.5. The molecule has 1 amide bonds. The summed E-state index contributed by atoms with van der Waals surface area (Å²) >= 11 is 0. The Bertz CT molecular complexity index is 1200. The first-order valence-electron chi connectivity index (χ1n) is 8.46. The van der Waals surface area contributed by atoms with Gasteiger partial charge >= 0.3 is 0 Å². The highest BCUT2D eigenvalue weighted by atomic mass is 19.1. The SMILES string of the molecule is O=C(Nc1ccc(Oc2ccccc2)cc1)c1cc(=O)c2cc(F)ccc2o1. The predicted molar refractivity (Wildman–Crippen MR) is 103 cm³/mol. The molecule has 4 aromatic rings. The number of rotatable bonds is 4. The lowest BCUT2D eigenvalue weighted by atomic mass is 10.2. The molecule has 0 atom stereocenters. The molecule has 1 aromatic heterocycles. The number of fused-ring (bicyclic) bond motifs is 1. The van der Waals surface area contributed by atoms with E-state index in [1.807, 2.05) is 30.3 Å². The minimum Gasteiger partial charge on any atom is -0.457 e. The molecule has 1 heterocycles. The summed E-state index contributed by atoms with van der Waals surface area (Å²) in [6.45, 7) is 0. The van der Waals surface area contributed by atoms with Crippen molar-refractivity contribution in [1.29, 1.82) is 0 Å². The number of halogens is 1. The summed E-state index contributed by atoms with van der Waals surface area (Å²) in [5, 5.41) is 2.73. The average molecular weight is 375 g/mol. The second-order valence-electron chi connectivity index (χ2n) is 6.01. The van der Waals surface area contributed by atoms with E-state index in [2.05, 4.69) is 5.32 Å². The van der Waals surface area contributed by atoms with Crippen LogP contribution in [0.25, 0.3) is 11.0 Å². The molecule has 0 unspecified atom stereocenters. The number of benzene rings is 3. The van der Waals surface area contributed by atoms with Crippen molar-refractivity contribution in [3.8, 4) is 11.5 Å². The lowest BCUT2D eigenvalue weighted by Gasteiger charge is -2.08. The topological polar surface area (TPSA) is 68.5 Å². The van der Waals surface area contributed by atoms with Crippen LogP contribution in [-0.2, 0) is 0 Å². The molecule has 6 heteroatoms. The van der Waals surface area contributed by atoms with Gasteiger partial charge in [0, 0.05) is 11.8 Å². The Morgan fingerprint density at radius 2 is 1.61 bits per heavy atom. The summed E-state index contributed by atoms with van der Waals surface area (Å²) in [5.74, 6) is 0.0284. The van der Waals surface area contributed by atoms with Crippen LogP contribution < -0.4 is 15.5 Å². The zero-order chi connectivity index (χ0) is 19.5. The molecule has 5 nitrogen and oxygen atoms in total. The minimum absolute atomic E-state index is 0.0824. The van der Waals surface area contributed by atoms with Gasteiger partial charge in [0.15, 0.2) is 11.2 Å². The molecule has 0 aliphatic heterocycles. The van der Waals surface area contributed by atoms with E-state index in [0.717, 1.165) is 12.1 Å². The third kappa shape index (κ3) is 3.76. The van der Waals surface area contributed by atoms with E-state index in [0.29, 0.717) is 17.2 Å². The van der Waals surface area contributed by atoms with Crippen molar-refractivity contribution in [1.82, 2.24) is 0 Å². The standard InChI is InChI=1S/C22H14FNO4/c23-14-6-11-20-18(12-14)19(25)13-21(28-20)22(26)24-15-7-9-17(10-8-15)27-16-4-2-1-3-5-16/h1-13H,(H,24,26). The Balaban J connectivity index is 1.51. The third-order valence-electron chi connectivity index (χ3n) is 4.00. The van der Waals surface area contributed by atoms with E-state index < -0.39 is 17.2 Å². The van der Waals surface area contributed by atoms with E-state index in [-0.39, 0.29) is 16.7 Å². The molecule has 0 saturated carbocycles. The summed E-state index contributed by atoms with van der Waals surface area (Å²) in [7, 11) is 0. The first kappa shape index (κ1) is 17.5. The lowest BCUT2D eigenvalue weighted by Crippen LogP contribution is -2.15. The van der Waals surface area contributed by atoms with E-state index in [9.17, 15) is 14.0 Å². The van der Waals surface area contributed by atoms with Gasteiger partial charge in [-0.05, 0) is 54.6 Å². The Morgan fingerprint density at radius 1 is 0.893 bits per heavy atom. The van der Waals surface area contributed by atoms with Gasteiger partial charge in [-0.15, -0.1) is 0 Å². The summed E-state index contributed by atoms with van der Waals surface area (Å²) in [6.07, 6.45) is 0. The van der Waals surface area contributed by atoms with E-state index in [1.165, 1.54) is 12.1 Å². The van der Waals surface area contributed by atoms with Crippen LogP contribution in [0.15, 0.2) is 88.1 Å². The fourth-order valence-electron chi connectivity index (χ4n) is 2.66. The Morgan fingerprint density at radius 3 is 2.36 bits per heavy atom. The zero-order valence-corrected chi connectivity index (χ0v) is 14.5. The van der Waals surface area contributed by atoms with E-state index in [4.69, 9.17) is 9.15 Å². The fourth-order valence-corrected chi connectivity index (χ4v) is 2.66. The number of para-hydroxylation sites is 1. The molecule has 0 aliphatic carbocycles. The molecule has 0 aliphatic rings. The minimum atomic E-state index is -0.583. The van der Waals surface area contributed by atoms with Crippen LogP contribution in [0.5, 0.6) is 11.5 Å². The van der Waals surface area contributed by atoms with Crippen molar-refractivity contribution in [2.45, 2.75) is 0 Å². The van der Waals surface area contributed by atoms with Crippen LogP contribution in [0, 0.1) is 5.82 Å². The Labute approximate surface area is 159 Å². The molecule has 0 fully saturated rings. The van der Waals surface area contributed by atoms with Crippen LogP contribution in [-0.4, -0.2) is 5.91 Å². The number of hydrogen-bond donors (Lipinski definition) is 1. The second kappa shape index (κ2) is 7.36. The van der Waals surface area contributed by atoms with Gasteiger partial charge in [0.2, 0.25) is 0 Å². The number of amides is 1. The summed E-state index contributed by atoms with van der Waals surface area (Å²) in [5.41, 5.74) is 0.162. The highest BCUT2D eigenvalue weighted by Gasteiger charge is 2.13. The Hall–Kier alpha value is -3.93. The van der Waals surface area contributed by atoms with Gasteiger partial charge in [-0.1, -0.05) is 18.2 Å². The smallest absolute Gasteiger partial charge is 0.291 e. The van der Waals surface area contributed by atoms with Crippen molar-refractivity contribution in [2.24, 2.45) is 0 Å². The molecule has 0 spiro atoms. The number of hydrogen-bond acceptors (Lipinski definition) is 4. The van der Waals surface area contributed by atoms with E-state index >= 15 is 0 Å². The fraction of sp³-hybridized carbons (Fsp3) is 0. The molecular weight excluding hydrogens is 361 g/mol. The zero-order valence-electron chi connectivity index (χ0n) is 14.5. The molecule has 3 aromatic carbocycles. The van der Waals surface area contributed by atoms with Gasteiger partial charge < -0.3 is 14.5 Å². The monoisotopic (exact) mass is 375 g/mol. The Kier molecular flexibility index (Phi) is 4.60. The van der Waals surface area contributed by atoms with Crippen molar-refractivity contribution in [3.63, 3.8) is 0 Å². The third-order valence-corrected chi connectivity index (χ3v) is 4.00. The normalized spacial score (nSPS) is 10.6. The van der Waals surface area contributed by atoms with Gasteiger partial charge in [0.25, 0.3) is 5.91 Å². The van der Waals surface area contributed by atoms with Gasteiger partial charge in [-0.2, -0.15) is 0 Å². The van der Waals surface area contributed by atoms with Crippen molar-refractivity contribution < 1.29 is 18.3 Å². The molecule has 0 bridgehead atoms. The molecule has 28 heavy (non-hydrogen) atoms. The van der Waals surface area contributed by atoms with Gasteiger partial charge in [0.05, 0.1) is 5.39 Å².